The minimum Gasteiger partial charge on any atom is -0.314 e. The van der Waals surface area contributed by atoms with Gasteiger partial charge in [-0.1, -0.05) is 13.3 Å². The van der Waals surface area contributed by atoms with Crippen molar-refractivity contribution in [1.29, 1.82) is 0 Å². The van der Waals surface area contributed by atoms with Crippen molar-refractivity contribution in [3.8, 4) is 0 Å². The van der Waals surface area contributed by atoms with Crippen molar-refractivity contribution in [3.05, 3.63) is 0 Å². The molecule has 0 heterocycles. The fraction of sp³-hybridized carbons (Fsp3) is 1.00. The summed E-state index contributed by atoms with van der Waals surface area (Å²) in [5.41, 5.74) is 0. The van der Waals surface area contributed by atoms with E-state index in [2.05, 4.69) is 38.0 Å². The number of nitrogens with one attached hydrogen (secondary N) is 1. The van der Waals surface area contributed by atoms with Gasteiger partial charge in [0.1, 0.15) is 0 Å². The van der Waals surface area contributed by atoms with E-state index in [9.17, 15) is 0 Å². The van der Waals surface area contributed by atoms with Crippen molar-refractivity contribution < 1.29 is 0 Å². The average Bonchev–Trinajstić information content (AvgIpc) is 2.58. The predicted molar refractivity (Wildman–Crippen MR) is 67.2 cm³/mol. The Morgan fingerprint density at radius 1 is 1.33 bits per heavy atom. The third kappa shape index (κ3) is 4.52. The molecule has 1 fully saturated rings. The van der Waals surface area contributed by atoms with Crippen molar-refractivity contribution >= 4 is 0 Å². The highest BCUT2D eigenvalue weighted by atomic mass is 15.1. The van der Waals surface area contributed by atoms with Crippen LogP contribution in [0.2, 0.25) is 0 Å². The Morgan fingerprint density at radius 3 is 2.60 bits per heavy atom. The number of hydrogen-bond donors (Lipinski definition) is 1. The summed E-state index contributed by atoms with van der Waals surface area (Å²) in [5, 5.41) is 3.70. The third-order valence-corrected chi connectivity index (χ3v) is 3.84. The van der Waals surface area contributed by atoms with Crippen LogP contribution >= 0.6 is 0 Å². The van der Waals surface area contributed by atoms with Gasteiger partial charge < -0.3 is 10.2 Å². The minimum atomic E-state index is 0.676. The maximum atomic E-state index is 3.70. The van der Waals surface area contributed by atoms with Gasteiger partial charge in [-0.2, -0.15) is 0 Å². The van der Waals surface area contributed by atoms with Gasteiger partial charge >= 0.3 is 0 Å². The van der Waals surface area contributed by atoms with Crippen molar-refractivity contribution in [3.63, 3.8) is 0 Å². The third-order valence-electron chi connectivity index (χ3n) is 3.84. The molecule has 2 atom stereocenters. The molecule has 2 heteroatoms. The fourth-order valence-electron chi connectivity index (χ4n) is 2.32. The van der Waals surface area contributed by atoms with Gasteiger partial charge in [0.2, 0.25) is 0 Å². The van der Waals surface area contributed by atoms with E-state index in [-0.39, 0.29) is 0 Å². The molecule has 0 aromatic carbocycles. The van der Waals surface area contributed by atoms with Crippen LogP contribution in [0.25, 0.3) is 0 Å². The van der Waals surface area contributed by atoms with Gasteiger partial charge in [0.25, 0.3) is 0 Å². The molecular formula is C13H28N2. The van der Waals surface area contributed by atoms with Gasteiger partial charge in [-0.15, -0.1) is 0 Å². The van der Waals surface area contributed by atoms with Crippen LogP contribution in [0.4, 0.5) is 0 Å². The van der Waals surface area contributed by atoms with E-state index < -0.39 is 0 Å². The molecule has 0 aliphatic heterocycles. The minimum absolute atomic E-state index is 0.676. The molecule has 2 nitrogen and oxygen atoms in total. The second-order valence-electron chi connectivity index (χ2n) is 5.40. The van der Waals surface area contributed by atoms with Crippen LogP contribution in [0.15, 0.2) is 0 Å². The molecule has 0 radical (unpaired) electrons. The van der Waals surface area contributed by atoms with E-state index in [1.807, 2.05) is 0 Å². The van der Waals surface area contributed by atoms with Crippen LogP contribution in [0.1, 0.15) is 46.5 Å². The van der Waals surface area contributed by atoms with Crippen LogP contribution in [-0.2, 0) is 0 Å². The highest BCUT2D eigenvalue weighted by Gasteiger charge is 2.22. The Kier molecular flexibility index (Phi) is 5.62. The monoisotopic (exact) mass is 212 g/mol. The molecular weight excluding hydrogens is 184 g/mol. The first-order valence-corrected chi connectivity index (χ1v) is 6.55. The molecule has 0 bridgehead atoms. The highest BCUT2D eigenvalue weighted by Crippen LogP contribution is 2.24. The second-order valence-corrected chi connectivity index (χ2v) is 5.40. The summed E-state index contributed by atoms with van der Waals surface area (Å²) in [6.07, 6.45) is 5.51. The zero-order valence-electron chi connectivity index (χ0n) is 10.9. The SMILES string of the molecule is CC1CCCC1NCCCN(C)C(C)C. The zero-order valence-corrected chi connectivity index (χ0v) is 10.9. The van der Waals surface area contributed by atoms with Crippen LogP contribution in [0, 0.1) is 5.92 Å². The molecule has 2 unspecified atom stereocenters. The Labute approximate surface area is 95.4 Å². The van der Waals surface area contributed by atoms with Crippen LogP contribution in [0.3, 0.4) is 0 Å². The molecule has 1 saturated carbocycles. The van der Waals surface area contributed by atoms with E-state index in [1.54, 1.807) is 0 Å². The molecule has 1 rings (SSSR count). The molecule has 0 aromatic heterocycles. The lowest BCUT2D eigenvalue weighted by Gasteiger charge is -2.22. The quantitative estimate of drug-likeness (QED) is 0.681. The summed E-state index contributed by atoms with van der Waals surface area (Å²) < 4.78 is 0. The molecule has 90 valence electrons. The Hall–Kier alpha value is -0.0800. The summed E-state index contributed by atoms with van der Waals surface area (Å²) in [7, 11) is 2.21. The molecule has 0 spiro atoms. The van der Waals surface area contributed by atoms with Gasteiger partial charge in [-0.05, 0) is 59.2 Å². The largest absolute Gasteiger partial charge is 0.314 e. The van der Waals surface area contributed by atoms with Gasteiger partial charge in [-0.3, -0.25) is 0 Å². The van der Waals surface area contributed by atoms with Crippen molar-refractivity contribution in [2.45, 2.75) is 58.5 Å². The summed E-state index contributed by atoms with van der Waals surface area (Å²) in [4.78, 5) is 2.42. The second kappa shape index (κ2) is 6.49. The highest BCUT2D eigenvalue weighted by molar-refractivity contribution is 4.79. The van der Waals surface area contributed by atoms with E-state index in [0.717, 1.165) is 12.0 Å². The number of rotatable bonds is 6. The fourth-order valence-corrected chi connectivity index (χ4v) is 2.32. The van der Waals surface area contributed by atoms with E-state index in [4.69, 9.17) is 0 Å². The zero-order chi connectivity index (χ0) is 11.3. The van der Waals surface area contributed by atoms with Crippen LogP contribution in [-0.4, -0.2) is 37.1 Å². The molecule has 1 N–H and O–H groups in total. The topological polar surface area (TPSA) is 15.3 Å². The van der Waals surface area contributed by atoms with Gasteiger partial charge in [0, 0.05) is 12.1 Å². The first-order chi connectivity index (χ1) is 7.11. The lowest BCUT2D eigenvalue weighted by molar-refractivity contribution is 0.266. The molecule has 0 amide bonds. The number of hydrogen-bond acceptors (Lipinski definition) is 2. The van der Waals surface area contributed by atoms with Crippen molar-refractivity contribution in [2.75, 3.05) is 20.1 Å². The standard InChI is InChI=1S/C13H28N2/c1-11(2)15(4)10-6-9-14-13-8-5-7-12(13)3/h11-14H,5-10H2,1-4H3. The van der Waals surface area contributed by atoms with Crippen LogP contribution in [0.5, 0.6) is 0 Å². The summed E-state index contributed by atoms with van der Waals surface area (Å²) >= 11 is 0. The normalized spacial score (nSPS) is 26.8. The van der Waals surface area contributed by atoms with E-state index in [0.29, 0.717) is 6.04 Å². The summed E-state index contributed by atoms with van der Waals surface area (Å²) in [6.45, 7) is 9.29. The van der Waals surface area contributed by atoms with Gasteiger partial charge in [0.05, 0.1) is 0 Å². The molecule has 1 aliphatic carbocycles. The maximum Gasteiger partial charge on any atom is 0.00927 e. The first-order valence-electron chi connectivity index (χ1n) is 6.55. The Balaban J connectivity index is 2.01. The van der Waals surface area contributed by atoms with Gasteiger partial charge in [0.15, 0.2) is 0 Å². The molecule has 1 aliphatic rings. The lowest BCUT2D eigenvalue weighted by Crippen LogP contribution is -2.34. The molecule has 0 saturated heterocycles. The smallest absolute Gasteiger partial charge is 0.00927 e. The predicted octanol–water partition coefficient (Wildman–Crippen LogP) is 2.49. The summed E-state index contributed by atoms with van der Waals surface area (Å²) in [6, 6.07) is 1.48. The first kappa shape index (κ1) is 13.0. The van der Waals surface area contributed by atoms with Crippen molar-refractivity contribution in [1.82, 2.24) is 10.2 Å². The van der Waals surface area contributed by atoms with Crippen molar-refractivity contribution in [2.24, 2.45) is 5.92 Å². The Bertz CT molecular complexity index is 168. The van der Waals surface area contributed by atoms with E-state index in [1.165, 1.54) is 38.8 Å². The number of nitrogens with zero attached hydrogens (tertiary/aromatic N) is 1. The summed E-state index contributed by atoms with van der Waals surface area (Å²) in [5.74, 6) is 0.896. The maximum absolute atomic E-state index is 3.70. The Morgan fingerprint density at radius 2 is 2.07 bits per heavy atom. The average molecular weight is 212 g/mol. The molecule has 0 aromatic rings. The van der Waals surface area contributed by atoms with Crippen LogP contribution < -0.4 is 5.32 Å². The lowest BCUT2D eigenvalue weighted by atomic mass is 10.1. The van der Waals surface area contributed by atoms with Gasteiger partial charge in [-0.25, -0.2) is 0 Å². The van der Waals surface area contributed by atoms with E-state index >= 15 is 0 Å². The molecule has 15 heavy (non-hydrogen) atoms.